The van der Waals surface area contributed by atoms with Crippen molar-refractivity contribution < 1.29 is 19.0 Å². The van der Waals surface area contributed by atoms with Gasteiger partial charge in [-0.3, -0.25) is 4.79 Å². The number of rotatable bonds is 4. The molecule has 0 bridgehead atoms. The van der Waals surface area contributed by atoms with Crippen molar-refractivity contribution in [3.8, 4) is 0 Å². The molecule has 0 heterocycles. The van der Waals surface area contributed by atoms with Gasteiger partial charge >= 0.3 is 5.97 Å². The Morgan fingerprint density at radius 2 is 2.29 bits per heavy atom. The molecule has 94 valence electrons. The Labute approximate surface area is 103 Å². The second-order valence-corrected chi connectivity index (χ2v) is 3.77. The number of carbonyl (C=O) groups excluding carboxylic acids is 1. The monoisotopic (exact) mass is 261 g/mol. The predicted molar refractivity (Wildman–Crippen MR) is 61.0 cm³/mol. The van der Waals surface area contributed by atoms with Crippen molar-refractivity contribution in [2.75, 3.05) is 6.61 Å². The molecule has 0 aliphatic rings. The van der Waals surface area contributed by atoms with Crippen LogP contribution < -0.4 is 5.73 Å². The van der Waals surface area contributed by atoms with Crippen LogP contribution in [-0.4, -0.2) is 23.7 Å². The van der Waals surface area contributed by atoms with E-state index in [1.807, 2.05) is 0 Å². The number of nitrogens with two attached hydrogens (primary N) is 1. The van der Waals surface area contributed by atoms with Gasteiger partial charge in [-0.1, -0.05) is 17.7 Å². The molecule has 0 aromatic heterocycles. The van der Waals surface area contributed by atoms with E-state index < -0.39 is 23.9 Å². The van der Waals surface area contributed by atoms with E-state index in [4.69, 9.17) is 17.3 Å². The molecule has 0 amide bonds. The molecule has 17 heavy (non-hydrogen) atoms. The molecule has 0 radical (unpaired) electrons. The van der Waals surface area contributed by atoms with Crippen molar-refractivity contribution in [2.24, 2.45) is 5.73 Å². The molecule has 0 spiro atoms. The van der Waals surface area contributed by atoms with Crippen LogP contribution in [0.1, 0.15) is 18.6 Å². The smallest absolute Gasteiger partial charge is 0.325 e. The Kier molecular flexibility index (Phi) is 4.86. The van der Waals surface area contributed by atoms with E-state index in [0.717, 1.165) is 6.07 Å². The minimum absolute atomic E-state index is 0.0113. The third-order valence-electron chi connectivity index (χ3n) is 2.19. The highest BCUT2D eigenvalue weighted by atomic mass is 35.5. The standard InChI is InChI=1S/C11H13ClFNO3/c1-2-17-11(16)9(14)10(15)8-6(12)4-3-5-7(8)13/h3-5,9-10,15H,2,14H2,1H3. The summed E-state index contributed by atoms with van der Waals surface area (Å²) in [6.45, 7) is 1.73. The zero-order valence-corrected chi connectivity index (χ0v) is 9.95. The number of aliphatic hydroxyl groups excluding tert-OH is 1. The maximum atomic E-state index is 13.5. The first-order chi connectivity index (χ1) is 7.99. The third kappa shape index (κ3) is 3.15. The Balaban J connectivity index is 2.96. The Morgan fingerprint density at radius 1 is 1.65 bits per heavy atom. The van der Waals surface area contributed by atoms with Crippen LogP contribution in [-0.2, 0) is 9.53 Å². The SMILES string of the molecule is CCOC(=O)C(N)C(O)c1c(F)cccc1Cl. The molecule has 2 unspecified atom stereocenters. The van der Waals surface area contributed by atoms with E-state index in [1.54, 1.807) is 6.92 Å². The minimum atomic E-state index is -1.54. The number of benzene rings is 1. The predicted octanol–water partition coefficient (Wildman–Crippen LogP) is 1.40. The summed E-state index contributed by atoms with van der Waals surface area (Å²) >= 11 is 5.74. The van der Waals surface area contributed by atoms with E-state index >= 15 is 0 Å². The fraction of sp³-hybridized carbons (Fsp3) is 0.364. The average molecular weight is 262 g/mol. The van der Waals surface area contributed by atoms with Gasteiger partial charge in [-0.15, -0.1) is 0 Å². The molecule has 3 N–H and O–H groups in total. The lowest BCUT2D eigenvalue weighted by Gasteiger charge is -2.19. The molecule has 2 atom stereocenters. The second kappa shape index (κ2) is 5.95. The lowest BCUT2D eigenvalue weighted by atomic mass is 10.0. The first-order valence-electron chi connectivity index (χ1n) is 5.03. The Hall–Kier alpha value is -1.17. The molecule has 0 aliphatic carbocycles. The fourth-order valence-corrected chi connectivity index (χ4v) is 1.62. The average Bonchev–Trinajstić information content (AvgIpc) is 2.27. The Morgan fingerprint density at radius 3 is 2.82 bits per heavy atom. The highest BCUT2D eigenvalue weighted by Crippen LogP contribution is 2.27. The topological polar surface area (TPSA) is 72.5 Å². The van der Waals surface area contributed by atoms with Crippen LogP contribution in [0.2, 0.25) is 5.02 Å². The van der Waals surface area contributed by atoms with E-state index in [-0.39, 0.29) is 17.2 Å². The number of carbonyl (C=O) groups is 1. The molecule has 4 nitrogen and oxygen atoms in total. The largest absolute Gasteiger partial charge is 0.465 e. The van der Waals surface area contributed by atoms with E-state index in [0.29, 0.717) is 0 Å². The summed E-state index contributed by atoms with van der Waals surface area (Å²) in [5.41, 5.74) is 5.27. The zero-order chi connectivity index (χ0) is 13.0. The molecule has 6 heteroatoms. The van der Waals surface area contributed by atoms with E-state index in [2.05, 4.69) is 4.74 Å². The summed E-state index contributed by atoms with van der Waals surface area (Å²) in [6.07, 6.45) is -1.54. The summed E-state index contributed by atoms with van der Waals surface area (Å²) in [6, 6.07) is 2.55. The van der Waals surface area contributed by atoms with Crippen LogP contribution in [0.15, 0.2) is 18.2 Å². The van der Waals surface area contributed by atoms with Gasteiger partial charge in [-0.2, -0.15) is 0 Å². The van der Waals surface area contributed by atoms with Crippen molar-refractivity contribution >= 4 is 17.6 Å². The van der Waals surface area contributed by atoms with Crippen molar-refractivity contribution in [2.45, 2.75) is 19.1 Å². The van der Waals surface area contributed by atoms with Crippen molar-refractivity contribution in [1.29, 1.82) is 0 Å². The van der Waals surface area contributed by atoms with E-state index in [1.165, 1.54) is 12.1 Å². The van der Waals surface area contributed by atoms with Crippen LogP contribution >= 0.6 is 11.6 Å². The van der Waals surface area contributed by atoms with Crippen LogP contribution in [0.5, 0.6) is 0 Å². The van der Waals surface area contributed by atoms with Gasteiger partial charge in [-0.25, -0.2) is 4.39 Å². The van der Waals surface area contributed by atoms with Crippen LogP contribution in [0.4, 0.5) is 4.39 Å². The Bertz CT molecular complexity index is 393. The number of hydrogen-bond donors (Lipinski definition) is 2. The third-order valence-corrected chi connectivity index (χ3v) is 2.52. The fourth-order valence-electron chi connectivity index (χ4n) is 1.34. The van der Waals surface area contributed by atoms with Crippen LogP contribution in [0.25, 0.3) is 0 Å². The highest BCUT2D eigenvalue weighted by molar-refractivity contribution is 6.31. The first-order valence-corrected chi connectivity index (χ1v) is 5.41. The summed E-state index contributed by atoms with van der Waals surface area (Å²) in [4.78, 5) is 11.3. The van der Waals surface area contributed by atoms with Crippen LogP contribution in [0, 0.1) is 5.82 Å². The number of ether oxygens (including phenoxy) is 1. The van der Waals surface area contributed by atoms with Gasteiger partial charge in [0.15, 0.2) is 0 Å². The number of esters is 1. The number of aliphatic hydroxyl groups is 1. The molecule has 0 saturated carbocycles. The van der Waals surface area contributed by atoms with Crippen molar-refractivity contribution in [1.82, 2.24) is 0 Å². The first kappa shape index (κ1) is 13.9. The molecule has 1 rings (SSSR count). The molecular formula is C11H13ClFNO3. The molecule has 0 saturated heterocycles. The molecule has 1 aromatic rings. The molecular weight excluding hydrogens is 249 g/mol. The summed E-state index contributed by atoms with van der Waals surface area (Å²) in [5, 5.41) is 9.81. The maximum Gasteiger partial charge on any atom is 0.325 e. The zero-order valence-electron chi connectivity index (χ0n) is 9.19. The van der Waals surface area contributed by atoms with Gasteiger partial charge in [0.05, 0.1) is 6.61 Å². The van der Waals surface area contributed by atoms with Crippen LogP contribution in [0.3, 0.4) is 0 Å². The highest BCUT2D eigenvalue weighted by Gasteiger charge is 2.29. The maximum absolute atomic E-state index is 13.5. The summed E-state index contributed by atoms with van der Waals surface area (Å²) in [5.74, 6) is -1.52. The number of hydrogen-bond acceptors (Lipinski definition) is 4. The summed E-state index contributed by atoms with van der Waals surface area (Å²) in [7, 11) is 0. The normalized spacial score (nSPS) is 14.2. The quantitative estimate of drug-likeness (QED) is 0.804. The van der Waals surface area contributed by atoms with Gasteiger partial charge in [0.1, 0.15) is 18.0 Å². The summed E-state index contributed by atoms with van der Waals surface area (Å²) < 4.78 is 18.1. The van der Waals surface area contributed by atoms with Gasteiger partial charge in [0, 0.05) is 10.6 Å². The minimum Gasteiger partial charge on any atom is -0.465 e. The van der Waals surface area contributed by atoms with Gasteiger partial charge < -0.3 is 15.6 Å². The molecule has 1 aromatic carbocycles. The lowest BCUT2D eigenvalue weighted by Crippen LogP contribution is -2.38. The second-order valence-electron chi connectivity index (χ2n) is 3.36. The van der Waals surface area contributed by atoms with Gasteiger partial charge in [0.2, 0.25) is 0 Å². The molecule has 0 fully saturated rings. The lowest BCUT2D eigenvalue weighted by molar-refractivity contribution is -0.147. The van der Waals surface area contributed by atoms with Crippen molar-refractivity contribution in [3.05, 3.63) is 34.6 Å². The number of halogens is 2. The van der Waals surface area contributed by atoms with Crippen molar-refractivity contribution in [3.63, 3.8) is 0 Å². The molecule has 0 aliphatic heterocycles. The van der Waals surface area contributed by atoms with E-state index in [9.17, 15) is 14.3 Å². The van der Waals surface area contributed by atoms with Gasteiger partial charge in [0.25, 0.3) is 0 Å². The van der Waals surface area contributed by atoms with Gasteiger partial charge in [-0.05, 0) is 19.1 Å².